The van der Waals surface area contributed by atoms with E-state index in [0.717, 1.165) is 43.3 Å². The van der Waals surface area contributed by atoms with Gasteiger partial charge in [-0.05, 0) is 31.5 Å². The molecule has 24 heavy (non-hydrogen) atoms. The molecule has 0 N–H and O–H groups in total. The van der Waals surface area contributed by atoms with Gasteiger partial charge in [0.1, 0.15) is 0 Å². The molecular formula is C18H20N4OS. The highest BCUT2D eigenvalue weighted by molar-refractivity contribution is 7.09. The van der Waals surface area contributed by atoms with E-state index in [4.69, 9.17) is 5.26 Å². The maximum atomic E-state index is 12.7. The minimum Gasteiger partial charge on any atom is -0.337 e. The lowest BCUT2D eigenvalue weighted by molar-refractivity contribution is 0.0761. The number of rotatable bonds is 3. The van der Waals surface area contributed by atoms with Crippen molar-refractivity contribution in [3.8, 4) is 6.07 Å². The van der Waals surface area contributed by atoms with Crippen molar-refractivity contribution in [2.75, 3.05) is 26.2 Å². The minimum absolute atomic E-state index is 0.0125. The third kappa shape index (κ3) is 3.99. The van der Waals surface area contributed by atoms with Gasteiger partial charge < -0.3 is 4.90 Å². The Kier molecular flexibility index (Phi) is 5.24. The van der Waals surface area contributed by atoms with E-state index in [1.807, 2.05) is 11.8 Å². The normalized spacial score (nSPS) is 15.8. The summed E-state index contributed by atoms with van der Waals surface area (Å²) in [6, 6.07) is 9.02. The zero-order chi connectivity index (χ0) is 16.9. The first-order valence-electron chi connectivity index (χ1n) is 8.08. The highest BCUT2D eigenvalue weighted by Gasteiger charge is 2.21. The van der Waals surface area contributed by atoms with E-state index < -0.39 is 0 Å². The highest BCUT2D eigenvalue weighted by atomic mass is 32.1. The van der Waals surface area contributed by atoms with Gasteiger partial charge in [-0.3, -0.25) is 9.69 Å². The van der Waals surface area contributed by atoms with Gasteiger partial charge in [0.15, 0.2) is 0 Å². The Bertz CT molecular complexity index is 764. The number of thiazole rings is 1. The lowest BCUT2D eigenvalue weighted by atomic mass is 10.1. The number of nitriles is 1. The van der Waals surface area contributed by atoms with Crippen molar-refractivity contribution >= 4 is 17.2 Å². The predicted molar refractivity (Wildman–Crippen MR) is 93.8 cm³/mol. The monoisotopic (exact) mass is 340 g/mol. The predicted octanol–water partition coefficient (Wildman–Crippen LogP) is 2.67. The van der Waals surface area contributed by atoms with Crippen LogP contribution < -0.4 is 0 Å². The molecule has 2 aromatic rings. The molecule has 0 saturated carbocycles. The molecule has 2 heterocycles. The van der Waals surface area contributed by atoms with Gasteiger partial charge in [-0.2, -0.15) is 5.26 Å². The summed E-state index contributed by atoms with van der Waals surface area (Å²) in [6.45, 7) is 6.14. The van der Waals surface area contributed by atoms with Crippen LogP contribution in [0.2, 0.25) is 0 Å². The van der Waals surface area contributed by atoms with E-state index in [-0.39, 0.29) is 5.91 Å². The first kappa shape index (κ1) is 16.6. The fourth-order valence-corrected chi connectivity index (χ4v) is 3.55. The number of aromatic nitrogens is 1. The van der Waals surface area contributed by atoms with Crippen molar-refractivity contribution < 1.29 is 4.79 Å². The first-order chi connectivity index (χ1) is 11.7. The van der Waals surface area contributed by atoms with Gasteiger partial charge in [0.2, 0.25) is 0 Å². The van der Waals surface area contributed by atoms with E-state index in [1.165, 1.54) is 0 Å². The quantitative estimate of drug-likeness (QED) is 0.862. The van der Waals surface area contributed by atoms with E-state index in [9.17, 15) is 4.79 Å². The Morgan fingerprint density at radius 1 is 1.33 bits per heavy atom. The lowest BCUT2D eigenvalue weighted by Crippen LogP contribution is -2.35. The molecule has 0 aliphatic carbocycles. The molecule has 1 aliphatic heterocycles. The summed E-state index contributed by atoms with van der Waals surface area (Å²) in [5.74, 6) is 0.0125. The van der Waals surface area contributed by atoms with E-state index in [0.29, 0.717) is 17.7 Å². The van der Waals surface area contributed by atoms with Crippen LogP contribution in [-0.4, -0.2) is 46.9 Å². The molecule has 1 fully saturated rings. The van der Waals surface area contributed by atoms with Crippen LogP contribution in [0.25, 0.3) is 0 Å². The van der Waals surface area contributed by atoms with E-state index in [1.54, 1.807) is 35.6 Å². The zero-order valence-corrected chi connectivity index (χ0v) is 14.6. The SMILES string of the molecule is Cc1nc(CN2CCCN(C(=O)c3cccc(C#N)c3)CC2)cs1. The van der Waals surface area contributed by atoms with Crippen molar-refractivity contribution in [3.05, 3.63) is 51.5 Å². The Labute approximate surface area is 146 Å². The summed E-state index contributed by atoms with van der Waals surface area (Å²) < 4.78 is 0. The Morgan fingerprint density at radius 3 is 2.96 bits per heavy atom. The summed E-state index contributed by atoms with van der Waals surface area (Å²) in [5.41, 5.74) is 2.23. The average molecular weight is 340 g/mol. The summed E-state index contributed by atoms with van der Waals surface area (Å²) in [7, 11) is 0. The number of benzene rings is 1. The molecule has 0 bridgehead atoms. The van der Waals surface area contributed by atoms with Crippen LogP contribution in [0.15, 0.2) is 29.6 Å². The summed E-state index contributed by atoms with van der Waals surface area (Å²) in [4.78, 5) is 21.4. The molecular weight excluding hydrogens is 320 g/mol. The van der Waals surface area contributed by atoms with Crippen molar-refractivity contribution in [2.24, 2.45) is 0 Å². The topological polar surface area (TPSA) is 60.2 Å². The summed E-state index contributed by atoms with van der Waals surface area (Å²) >= 11 is 1.68. The Hall–Kier alpha value is -2.23. The lowest BCUT2D eigenvalue weighted by Gasteiger charge is -2.21. The second-order valence-electron chi connectivity index (χ2n) is 5.97. The number of nitrogens with zero attached hydrogens (tertiary/aromatic N) is 4. The van der Waals surface area contributed by atoms with Crippen LogP contribution in [0.5, 0.6) is 0 Å². The molecule has 5 nitrogen and oxygen atoms in total. The average Bonchev–Trinajstić information content (AvgIpc) is 2.87. The van der Waals surface area contributed by atoms with Crippen LogP contribution in [0.3, 0.4) is 0 Å². The molecule has 3 rings (SSSR count). The van der Waals surface area contributed by atoms with Gasteiger partial charge in [0.25, 0.3) is 5.91 Å². The Balaban J connectivity index is 1.62. The van der Waals surface area contributed by atoms with Crippen LogP contribution in [0, 0.1) is 18.3 Å². The number of amides is 1. The standard InChI is InChI=1S/C18H20N4OS/c1-14-20-17(13-24-14)12-21-6-3-7-22(9-8-21)18(23)16-5-2-4-15(10-16)11-19/h2,4-5,10,13H,3,6-9,12H2,1H3. The molecule has 1 saturated heterocycles. The van der Waals surface area contributed by atoms with Crippen molar-refractivity contribution in [1.29, 1.82) is 5.26 Å². The maximum absolute atomic E-state index is 12.7. The van der Waals surface area contributed by atoms with Crippen LogP contribution in [0.1, 0.15) is 33.0 Å². The molecule has 1 amide bonds. The second-order valence-corrected chi connectivity index (χ2v) is 7.03. The first-order valence-corrected chi connectivity index (χ1v) is 8.96. The molecule has 0 unspecified atom stereocenters. The van der Waals surface area contributed by atoms with Gasteiger partial charge in [0, 0.05) is 43.7 Å². The summed E-state index contributed by atoms with van der Waals surface area (Å²) in [5, 5.41) is 12.2. The van der Waals surface area contributed by atoms with Crippen molar-refractivity contribution in [2.45, 2.75) is 19.9 Å². The van der Waals surface area contributed by atoms with Gasteiger partial charge in [-0.15, -0.1) is 11.3 Å². The van der Waals surface area contributed by atoms with Gasteiger partial charge >= 0.3 is 0 Å². The molecule has 6 heteroatoms. The molecule has 1 aromatic heterocycles. The number of hydrogen-bond acceptors (Lipinski definition) is 5. The molecule has 124 valence electrons. The number of carbonyl (C=O) groups excluding carboxylic acids is 1. The third-order valence-electron chi connectivity index (χ3n) is 4.17. The zero-order valence-electron chi connectivity index (χ0n) is 13.7. The fourth-order valence-electron chi connectivity index (χ4n) is 2.95. The van der Waals surface area contributed by atoms with Crippen molar-refractivity contribution in [1.82, 2.24) is 14.8 Å². The number of hydrogen-bond donors (Lipinski definition) is 0. The van der Waals surface area contributed by atoms with Crippen molar-refractivity contribution in [3.63, 3.8) is 0 Å². The highest BCUT2D eigenvalue weighted by Crippen LogP contribution is 2.14. The van der Waals surface area contributed by atoms with Gasteiger partial charge in [-0.25, -0.2) is 4.98 Å². The van der Waals surface area contributed by atoms with Gasteiger partial charge in [-0.1, -0.05) is 6.07 Å². The van der Waals surface area contributed by atoms with E-state index in [2.05, 4.69) is 21.3 Å². The molecule has 0 spiro atoms. The summed E-state index contributed by atoms with van der Waals surface area (Å²) in [6.07, 6.45) is 0.951. The van der Waals surface area contributed by atoms with Gasteiger partial charge in [0.05, 0.1) is 22.3 Å². The van der Waals surface area contributed by atoms with Crippen LogP contribution in [-0.2, 0) is 6.54 Å². The Morgan fingerprint density at radius 2 is 2.21 bits per heavy atom. The number of aryl methyl sites for hydroxylation is 1. The molecule has 0 atom stereocenters. The number of carbonyl (C=O) groups is 1. The maximum Gasteiger partial charge on any atom is 0.253 e. The third-order valence-corrected chi connectivity index (χ3v) is 4.99. The smallest absolute Gasteiger partial charge is 0.253 e. The largest absolute Gasteiger partial charge is 0.337 e. The van der Waals surface area contributed by atoms with Crippen LogP contribution >= 0.6 is 11.3 Å². The van der Waals surface area contributed by atoms with E-state index >= 15 is 0 Å². The molecule has 0 radical (unpaired) electrons. The second kappa shape index (κ2) is 7.56. The molecule has 1 aromatic carbocycles. The molecule has 1 aliphatic rings. The minimum atomic E-state index is 0.0125. The van der Waals surface area contributed by atoms with Crippen LogP contribution in [0.4, 0.5) is 0 Å². The fraction of sp³-hybridized carbons (Fsp3) is 0.389.